The van der Waals surface area contributed by atoms with E-state index in [9.17, 15) is 8.42 Å². The molecule has 0 radical (unpaired) electrons. The molecule has 1 fully saturated rings. The minimum atomic E-state index is -3.50. The van der Waals surface area contributed by atoms with Crippen LogP contribution in [-0.4, -0.2) is 65.7 Å². The molecule has 4 rings (SSSR count). The van der Waals surface area contributed by atoms with E-state index in [1.54, 1.807) is 50.0 Å². The van der Waals surface area contributed by atoms with Gasteiger partial charge in [0.1, 0.15) is 5.75 Å². The Bertz CT molecular complexity index is 1040. The van der Waals surface area contributed by atoms with E-state index in [1.165, 1.54) is 4.31 Å². The summed E-state index contributed by atoms with van der Waals surface area (Å²) in [5.74, 6) is 0.637. The molecule has 1 aliphatic rings. The number of sulfonamides is 1. The number of piperazine rings is 1. The van der Waals surface area contributed by atoms with Gasteiger partial charge in [0.25, 0.3) is 0 Å². The SMILES string of the molecule is COc1ccc(S(=O)(=O)N2CCN(Cn3nccc3-c3ccncc3)CC2)cc1. The summed E-state index contributed by atoms with van der Waals surface area (Å²) in [5.41, 5.74) is 2.07. The van der Waals surface area contributed by atoms with Crippen molar-refractivity contribution in [2.45, 2.75) is 11.6 Å². The van der Waals surface area contributed by atoms with Crippen molar-refractivity contribution in [1.82, 2.24) is 24.0 Å². The molecule has 0 unspecified atom stereocenters. The second kappa shape index (κ2) is 8.32. The smallest absolute Gasteiger partial charge is 0.243 e. The highest BCUT2D eigenvalue weighted by Crippen LogP contribution is 2.22. The Morgan fingerprint density at radius 3 is 2.28 bits per heavy atom. The zero-order chi connectivity index (χ0) is 20.3. The van der Waals surface area contributed by atoms with Gasteiger partial charge in [-0.15, -0.1) is 0 Å². The molecule has 0 amide bonds. The Morgan fingerprint density at radius 1 is 0.931 bits per heavy atom. The Hall–Kier alpha value is -2.75. The first kappa shape index (κ1) is 19.6. The van der Waals surface area contributed by atoms with Crippen LogP contribution < -0.4 is 4.74 Å². The zero-order valence-electron chi connectivity index (χ0n) is 16.2. The Morgan fingerprint density at radius 2 is 1.62 bits per heavy atom. The molecule has 0 N–H and O–H groups in total. The summed E-state index contributed by atoms with van der Waals surface area (Å²) >= 11 is 0. The van der Waals surface area contributed by atoms with Gasteiger partial charge < -0.3 is 4.74 Å². The van der Waals surface area contributed by atoms with E-state index in [1.807, 2.05) is 22.9 Å². The third-order valence-corrected chi connectivity index (χ3v) is 6.97. The average molecular weight is 414 g/mol. The summed E-state index contributed by atoms with van der Waals surface area (Å²) in [7, 11) is -1.94. The lowest BCUT2D eigenvalue weighted by atomic mass is 10.2. The van der Waals surface area contributed by atoms with Crippen molar-refractivity contribution >= 4 is 10.0 Å². The van der Waals surface area contributed by atoms with Gasteiger partial charge in [0.15, 0.2) is 0 Å². The predicted molar refractivity (Wildman–Crippen MR) is 109 cm³/mol. The fourth-order valence-electron chi connectivity index (χ4n) is 3.41. The highest BCUT2D eigenvalue weighted by atomic mass is 32.2. The largest absolute Gasteiger partial charge is 0.497 e. The summed E-state index contributed by atoms with van der Waals surface area (Å²) in [4.78, 5) is 6.55. The van der Waals surface area contributed by atoms with Crippen LogP contribution in [0.1, 0.15) is 0 Å². The molecule has 29 heavy (non-hydrogen) atoms. The van der Waals surface area contributed by atoms with Crippen LogP contribution >= 0.6 is 0 Å². The lowest BCUT2D eigenvalue weighted by molar-refractivity contribution is 0.146. The van der Waals surface area contributed by atoms with E-state index in [-0.39, 0.29) is 0 Å². The number of pyridine rings is 1. The number of hydrogen-bond acceptors (Lipinski definition) is 6. The lowest BCUT2D eigenvalue weighted by Crippen LogP contribution is -2.48. The van der Waals surface area contributed by atoms with Crippen molar-refractivity contribution in [2.24, 2.45) is 0 Å². The second-order valence-electron chi connectivity index (χ2n) is 6.79. The second-order valence-corrected chi connectivity index (χ2v) is 8.73. The van der Waals surface area contributed by atoms with Crippen LogP contribution in [0.2, 0.25) is 0 Å². The van der Waals surface area contributed by atoms with Crippen molar-refractivity contribution < 1.29 is 13.2 Å². The quantitative estimate of drug-likeness (QED) is 0.614. The fraction of sp³-hybridized carbons (Fsp3) is 0.300. The lowest BCUT2D eigenvalue weighted by Gasteiger charge is -2.34. The first-order valence-corrected chi connectivity index (χ1v) is 10.8. The maximum absolute atomic E-state index is 12.9. The molecule has 0 spiro atoms. The molecule has 1 saturated heterocycles. The average Bonchev–Trinajstić information content (AvgIpc) is 3.23. The third kappa shape index (κ3) is 4.16. The molecule has 3 heterocycles. The van der Waals surface area contributed by atoms with Gasteiger partial charge in [-0.3, -0.25) is 14.6 Å². The van der Waals surface area contributed by atoms with E-state index >= 15 is 0 Å². The normalized spacial score (nSPS) is 16.0. The first-order chi connectivity index (χ1) is 14.1. The monoisotopic (exact) mass is 413 g/mol. The van der Waals surface area contributed by atoms with Crippen molar-refractivity contribution in [3.05, 3.63) is 61.1 Å². The molecule has 0 saturated carbocycles. The van der Waals surface area contributed by atoms with Gasteiger partial charge in [-0.2, -0.15) is 9.40 Å². The standard InChI is InChI=1S/C20H23N5O3S/c1-28-18-2-4-19(5-3-18)29(26,27)24-14-12-23(13-15-24)16-25-20(8-11-22-25)17-6-9-21-10-7-17/h2-11H,12-16H2,1H3. The summed E-state index contributed by atoms with van der Waals surface area (Å²) in [6, 6.07) is 12.4. The number of benzene rings is 1. The molecule has 0 bridgehead atoms. The van der Waals surface area contributed by atoms with Crippen LogP contribution in [0.3, 0.4) is 0 Å². The topological polar surface area (TPSA) is 80.6 Å². The molecule has 1 aromatic carbocycles. The van der Waals surface area contributed by atoms with Gasteiger partial charge in [-0.1, -0.05) is 0 Å². The van der Waals surface area contributed by atoms with Gasteiger partial charge in [0, 0.05) is 50.3 Å². The minimum absolute atomic E-state index is 0.291. The summed E-state index contributed by atoms with van der Waals surface area (Å²) in [6.45, 7) is 2.79. The van der Waals surface area contributed by atoms with Crippen LogP contribution in [0.25, 0.3) is 11.3 Å². The number of hydrogen-bond donors (Lipinski definition) is 0. The molecule has 3 aromatic rings. The van der Waals surface area contributed by atoms with Crippen molar-refractivity contribution in [1.29, 1.82) is 0 Å². The van der Waals surface area contributed by atoms with Crippen molar-refractivity contribution in [2.75, 3.05) is 33.3 Å². The highest BCUT2D eigenvalue weighted by Gasteiger charge is 2.28. The highest BCUT2D eigenvalue weighted by molar-refractivity contribution is 7.89. The molecule has 2 aromatic heterocycles. The van der Waals surface area contributed by atoms with Crippen LogP contribution in [0.4, 0.5) is 0 Å². The Labute approximate surface area is 170 Å². The number of rotatable bonds is 6. The van der Waals surface area contributed by atoms with Crippen LogP contribution in [0.5, 0.6) is 5.75 Å². The van der Waals surface area contributed by atoms with Gasteiger partial charge >= 0.3 is 0 Å². The van der Waals surface area contributed by atoms with E-state index in [0.717, 1.165) is 11.3 Å². The van der Waals surface area contributed by atoms with E-state index < -0.39 is 10.0 Å². The third-order valence-electron chi connectivity index (χ3n) is 5.06. The van der Waals surface area contributed by atoms with Crippen molar-refractivity contribution in [3.8, 4) is 17.0 Å². The van der Waals surface area contributed by atoms with Crippen LogP contribution in [0, 0.1) is 0 Å². The van der Waals surface area contributed by atoms with E-state index in [0.29, 0.717) is 43.5 Å². The number of aromatic nitrogens is 3. The Kier molecular flexibility index (Phi) is 5.61. The Balaban J connectivity index is 1.41. The first-order valence-electron chi connectivity index (χ1n) is 9.37. The predicted octanol–water partition coefficient (Wildman–Crippen LogP) is 1.92. The molecule has 1 aliphatic heterocycles. The maximum Gasteiger partial charge on any atom is 0.243 e. The molecule has 0 atom stereocenters. The summed E-state index contributed by atoms with van der Waals surface area (Å²) in [6.07, 6.45) is 5.30. The van der Waals surface area contributed by atoms with Crippen LogP contribution in [0.15, 0.2) is 66.0 Å². The van der Waals surface area contributed by atoms with Gasteiger partial charge in [0.2, 0.25) is 10.0 Å². The number of nitrogens with zero attached hydrogens (tertiary/aromatic N) is 5. The summed E-state index contributed by atoms with van der Waals surface area (Å²) in [5, 5.41) is 4.43. The molecule has 9 heteroatoms. The van der Waals surface area contributed by atoms with E-state index in [2.05, 4.69) is 15.0 Å². The van der Waals surface area contributed by atoms with Gasteiger partial charge in [-0.25, -0.2) is 8.42 Å². The van der Waals surface area contributed by atoms with E-state index in [4.69, 9.17) is 4.74 Å². The maximum atomic E-state index is 12.9. The number of ether oxygens (including phenoxy) is 1. The van der Waals surface area contributed by atoms with Crippen LogP contribution in [-0.2, 0) is 16.7 Å². The van der Waals surface area contributed by atoms with Gasteiger partial charge in [-0.05, 0) is 42.5 Å². The molecule has 152 valence electrons. The zero-order valence-corrected chi connectivity index (χ0v) is 17.0. The summed E-state index contributed by atoms with van der Waals surface area (Å²) < 4.78 is 34.4. The van der Waals surface area contributed by atoms with Crippen molar-refractivity contribution in [3.63, 3.8) is 0 Å². The molecular formula is C20H23N5O3S. The fourth-order valence-corrected chi connectivity index (χ4v) is 4.83. The van der Waals surface area contributed by atoms with Gasteiger partial charge in [0.05, 0.1) is 24.4 Å². The molecule has 8 nitrogen and oxygen atoms in total. The minimum Gasteiger partial charge on any atom is -0.497 e. The molecular weight excluding hydrogens is 390 g/mol. The number of methoxy groups -OCH3 is 1. The molecule has 0 aliphatic carbocycles.